The van der Waals surface area contributed by atoms with E-state index in [0.29, 0.717) is 18.3 Å². The van der Waals surface area contributed by atoms with E-state index in [1.807, 2.05) is 24.3 Å². The molecular weight excluding hydrogens is 346 g/mol. The Hall–Kier alpha value is -2.31. The fourth-order valence-electron chi connectivity index (χ4n) is 3.36. The third-order valence-electron chi connectivity index (χ3n) is 4.59. The number of hydrogen-bond acceptors (Lipinski definition) is 4. The smallest absolute Gasteiger partial charge is 0.175 e. The summed E-state index contributed by atoms with van der Waals surface area (Å²) in [6.07, 6.45) is 2.61. The van der Waals surface area contributed by atoms with Gasteiger partial charge in [-0.15, -0.1) is 0 Å². The molecule has 0 aromatic heterocycles. The van der Waals surface area contributed by atoms with E-state index in [4.69, 9.17) is 21.7 Å². The van der Waals surface area contributed by atoms with Crippen molar-refractivity contribution in [1.82, 2.24) is 4.90 Å². The first kappa shape index (κ1) is 17.1. The van der Waals surface area contributed by atoms with E-state index in [2.05, 4.69) is 33.7 Å². The zero-order valence-electron chi connectivity index (χ0n) is 14.7. The van der Waals surface area contributed by atoms with Crippen LogP contribution in [0.1, 0.15) is 18.4 Å². The lowest BCUT2D eigenvalue weighted by molar-refractivity contribution is 0.171. The summed E-state index contributed by atoms with van der Waals surface area (Å²) in [4.78, 5) is 2.49. The highest BCUT2D eigenvalue weighted by molar-refractivity contribution is 7.80. The summed E-state index contributed by atoms with van der Waals surface area (Å²) in [5.41, 5.74) is 3.18. The van der Waals surface area contributed by atoms with Crippen LogP contribution in [0.4, 0.5) is 11.4 Å². The number of nitrogens with one attached hydrogen (secondary N) is 2. The highest BCUT2D eigenvalue weighted by Gasteiger charge is 2.13. The summed E-state index contributed by atoms with van der Waals surface area (Å²) >= 11 is 5.45. The normalized spacial score (nSPS) is 16.3. The number of anilines is 2. The van der Waals surface area contributed by atoms with Gasteiger partial charge in [-0.3, -0.25) is 4.90 Å². The standard InChI is InChI=1S/C20H23N3O2S/c26-20(22-17-6-7-18-19(13-17)25-11-10-24-18)21-16-5-3-4-15(12-16)14-23-8-1-2-9-23/h3-7,12-13H,1-2,8-11,14H2,(H2,21,22,26). The van der Waals surface area contributed by atoms with Gasteiger partial charge in [0.05, 0.1) is 0 Å². The van der Waals surface area contributed by atoms with Crippen LogP contribution in [0.5, 0.6) is 11.5 Å². The lowest BCUT2D eigenvalue weighted by Crippen LogP contribution is -2.21. The summed E-state index contributed by atoms with van der Waals surface area (Å²) in [5.74, 6) is 1.52. The summed E-state index contributed by atoms with van der Waals surface area (Å²) in [6.45, 7) is 4.55. The molecule has 0 saturated carbocycles. The average molecular weight is 369 g/mol. The fraction of sp³-hybridized carbons (Fsp3) is 0.350. The third kappa shape index (κ3) is 4.26. The number of rotatable bonds is 4. The van der Waals surface area contributed by atoms with E-state index in [1.54, 1.807) is 0 Å². The lowest BCUT2D eigenvalue weighted by Gasteiger charge is -2.19. The largest absolute Gasteiger partial charge is 0.486 e. The highest BCUT2D eigenvalue weighted by atomic mass is 32.1. The molecule has 2 aromatic carbocycles. The maximum absolute atomic E-state index is 5.61. The maximum Gasteiger partial charge on any atom is 0.175 e. The predicted molar refractivity (Wildman–Crippen MR) is 108 cm³/mol. The Morgan fingerprint density at radius 1 is 0.923 bits per heavy atom. The van der Waals surface area contributed by atoms with Crippen molar-refractivity contribution in [3.63, 3.8) is 0 Å². The average Bonchev–Trinajstić information content (AvgIpc) is 3.15. The van der Waals surface area contributed by atoms with Crippen LogP contribution in [-0.2, 0) is 6.54 Å². The summed E-state index contributed by atoms with van der Waals surface area (Å²) in [7, 11) is 0. The second-order valence-corrected chi connectivity index (χ2v) is 7.03. The fourth-order valence-corrected chi connectivity index (χ4v) is 3.60. The Bertz CT molecular complexity index is 790. The molecule has 1 fully saturated rings. The van der Waals surface area contributed by atoms with Gasteiger partial charge >= 0.3 is 0 Å². The third-order valence-corrected chi connectivity index (χ3v) is 4.79. The number of fused-ring (bicyclic) bond motifs is 1. The molecule has 0 radical (unpaired) electrons. The molecule has 6 heteroatoms. The lowest BCUT2D eigenvalue weighted by atomic mass is 10.2. The molecule has 5 nitrogen and oxygen atoms in total. The zero-order chi connectivity index (χ0) is 17.8. The molecule has 2 N–H and O–H groups in total. The number of nitrogens with zero attached hydrogens (tertiary/aromatic N) is 1. The molecule has 2 aliphatic heterocycles. The Morgan fingerprint density at radius 2 is 1.65 bits per heavy atom. The van der Waals surface area contributed by atoms with Crippen molar-refractivity contribution in [2.45, 2.75) is 19.4 Å². The van der Waals surface area contributed by atoms with Gasteiger partial charge in [0.15, 0.2) is 16.6 Å². The minimum absolute atomic E-state index is 0.556. The van der Waals surface area contributed by atoms with Gasteiger partial charge in [-0.2, -0.15) is 0 Å². The van der Waals surface area contributed by atoms with Gasteiger partial charge < -0.3 is 20.1 Å². The van der Waals surface area contributed by atoms with Crippen molar-refractivity contribution >= 4 is 28.7 Å². The predicted octanol–water partition coefficient (Wildman–Crippen LogP) is 3.86. The van der Waals surface area contributed by atoms with Crippen LogP contribution in [0.15, 0.2) is 42.5 Å². The van der Waals surface area contributed by atoms with Gasteiger partial charge in [-0.05, 0) is 68.0 Å². The van der Waals surface area contributed by atoms with Crippen LogP contribution >= 0.6 is 12.2 Å². The molecule has 136 valence electrons. The van der Waals surface area contributed by atoms with Crippen molar-refractivity contribution < 1.29 is 9.47 Å². The quantitative estimate of drug-likeness (QED) is 0.798. The Balaban J connectivity index is 1.37. The highest BCUT2D eigenvalue weighted by Crippen LogP contribution is 2.32. The van der Waals surface area contributed by atoms with Gasteiger partial charge in [-0.25, -0.2) is 0 Å². The topological polar surface area (TPSA) is 45.8 Å². The molecule has 0 atom stereocenters. The van der Waals surface area contributed by atoms with E-state index in [-0.39, 0.29) is 0 Å². The minimum atomic E-state index is 0.556. The molecule has 0 amide bonds. The first-order chi connectivity index (χ1) is 12.8. The first-order valence-electron chi connectivity index (χ1n) is 9.05. The van der Waals surface area contributed by atoms with Crippen LogP contribution < -0.4 is 20.1 Å². The van der Waals surface area contributed by atoms with Gasteiger partial charge in [0, 0.05) is 24.0 Å². The second-order valence-electron chi connectivity index (χ2n) is 6.62. The molecule has 2 aliphatic rings. The van der Waals surface area contributed by atoms with Crippen molar-refractivity contribution in [2.75, 3.05) is 36.9 Å². The Kier molecular flexibility index (Phi) is 5.22. The van der Waals surface area contributed by atoms with E-state index in [1.165, 1.54) is 31.5 Å². The first-order valence-corrected chi connectivity index (χ1v) is 9.46. The molecule has 4 rings (SSSR count). The molecule has 0 bridgehead atoms. The van der Waals surface area contributed by atoms with E-state index < -0.39 is 0 Å². The molecule has 2 aromatic rings. The van der Waals surface area contributed by atoms with Crippen molar-refractivity contribution in [1.29, 1.82) is 0 Å². The zero-order valence-corrected chi connectivity index (χ0v) is 15.5. The van der Waals surface area contributed by atoms with E-state index in [9.17, 15) is 0 Å². The monoisotopic (exact) mass is 369 g/mol. The number of thiocarbonyl (C=S) groups is 1. The molecular formula is C20H23N3O2S. The Labute approximate surface area is 159 Å². The molecule has 0 unspecified atom stereocenters. The van der Waals surface area contributed by atoms with Crippen LogP contribution in [0, 0.1) is 0 Å². The SMILES string of the molecule is S=C(Nc1cccc(CN2CCCC2)c1)Nc1ccc2c(c1)OCCO2. The van der Waals surface area contributed by atoms with Crippen LogP contribution in [0.3, 0.4) is 0 Å². The van der Waals surface area contributed by atoms with Gasteiger partial charge in [-0.1, -0.05) is 12.1 Å². The van der Waals surface area contributed by atoms with Gasteiger partial charge in [0.25, 0.3) is 0 Å². The minimum Gasteiger partial charge on any atom is -0.486 e. The Morgan fingerprint density at radius 3 is 2.46 bits per heavy atom. The molecule has 0 spiro atoms. The number of likely N-dealkylation sites (tertiary alicyclic amines) is 1. The van der Waals surface area contributed by atoms with Crippen molar-refractivity contribution in [3.05, 3.63) is 48.0 Å². The van der Waals surface area contributed by atoms with Crippen LogP contribution in [0.25, 0.3) is 0 Å². The number of hydrogen-bond donors (Lipinski definition) is 2. The van der Waals surface area contributed by atoms with Crippen LogP contribution in [-0.4, -0.2) is 36.3 Å². The van der Waals surface area contributed by atoms with Gasteiger partial charge in [0.2, 0.25) is 0 Å². The van der Waals surface area contributed by atoms with E-state index >= 15 is 0 Å². The second kappa shape index (κ2) is 7.93. The van der Waals surface area contributed by atoms with Crippen molar-refractivity contribution in [2.24, 2.45) is 0 Å². The summed E-state index contributed by atoms with van der Waals surface area (Å²) in [6, 6.07) is 14.2. The van der Waals surface area contributed by atoms with Gasteiger partial charge in [0.1, 0.15) is 13.2 Å². The van der Waals surface area contributed by atoms with Crippen molar-refractivity contribution in [3.8, 4) is 11.5 Å². The van der Waals surface area contributed by atoms with E-state index in [0.717, 1.165) is 29.4 Å². The summed E-state index contributed by atoms with van der Waals surface area (Å²) in [5, 5.41) is 7.03. The molecule has 26 heavy (non-hydrogen) atoms. The maximum atomic E-state index is 5.61. The number of ether oxygens (including phenoxy) is 2. The molecule has 1 saturated heterocycles. The molecule has 2 heterocycles. The number of benzene rings is 2. The summed E-state index contributed by atoms with van der Waals surface area (Å²) < 4.78 is 11.2. The van der Waals surface area contributed by atoms with Crippen LogP contribution in [0.2, 0.25) is 0 Å². The molecule has 0 aliphatic carbocycles.